The molecule has 0 amide bonds. The van der Waals surface area contributed by atoms with Crippen LogP contribution in [0.15, 0.2) is 48.8 Å². The molecule has 16 heavy (non-hydrogen) atoms. The van der Waals surface area contributed by atoms with Gasteiger partial charge in [-0.15, -0.1) is 12.4 Å². The molecule has 2 rings (SSSR count). The van der Waals surface area contributed by atoms with Crippen LogP contribution in [0.25, 0.3) is 0 Å². The van der Waals surface area contributed by atoms with Gasteiger partial charge in [0.15, 0.2) is 11.6 Å². The summed E-state index contributed by atoms with van der Waals surface area (Å²) in [7, 11) is 0. The van der Waals surface area contributed by atoms with Crippen molar-refractivity contribution in [1.82, 2.24) is 4.98 Å². The first-order valence-electron chi connectivity index (χ1n) is 4.49. The van der Waals surface area contributed by atoms with Crippen LogP contribution in [0, 0.1) is 6.92 Å². The maximum Gasteiger partial charge on any atom is 0.178 e. The SMILES string of the molecule is Cc1ccncc1.Cl.O=C1C=CC(=O)C=C1. The lowest BCUT2D eigenvalue weighted by molar-refractivity contribution is -0.113. The fourth-order valence-corrected chi connectivity index (χ4v) is 0.866. The topological polar surface area (TPSA) is 47.0 Å². The second kappa shape index (κ2) is 7.54. The van der Waals surface area contributed by atoms with Crippen molar-refractivity contribution >= 4 is 24.0 Å². The average molecular weight is 238 g/mol. The number of aryl methyl sites for hydroxylation is 1. The van der Waals surface area contributed by atoms with Gasteiger partial charge in [-0.05, 0) is 48.9 Å². The molecule has 0 aromatic carbocycles. The van der Waals surface area contributed by atoms with Crippen molar-refractivity contribution in [2.24, 2.45) is 0 Å². The zero-order chi connectivity index (χ0) is 11.1. The lowest BCUT2D eigenvalue weighted by atomic mass is 10.2. The van der Waals surface area contributed by atoms with Gasteiger partial charge in [-0.1, -0.05) is 0 Å². The van der Waals surface area contributed by atoms with E-state index >= 15 is 0 Å². The normalized spacial score (nSPS) is 12.6. The summed E-state index contributed by atoms with van der Waals surface area (Å²) in [5.74, 6) is -0.241. The predicted octanol–water partition coefficient (Wildman–Crippen LogP) is 2.06. The predicted molar refractivity (Wildman–Crippen MR) is 64.5 cm³/mol. The largest absolute Gasteiger partial charge is 0.290 e. The number of ketones is 2. The van der Waals surface area contributed by atoms with E-state index in [0.29, 0.717) is 0 Å². The fourth-order valence-electron chi connectivity index (χ4n) is 0.866. The van der Waals surface area contributed by atoms with E-state index in [-0.39, 0.29) is 24.0 Å². The molecule has 1 aromatic heterocycles. The molecule has 0 bridgehead atoms. The van der Waals surface area contributed by atoms with Crippen LogP contribution in [0.1, 0.15) is 5.56 Å². The van der Waals surface area contributed by atoms with Crippen LogP contribution in [0.2, 0.25) is 0 Å². The second-order valence-electron chi connectivity index (χ2n) is 3.00. The van der Waals surface area contributed by atoms with Crippen LogP contribution in [-0.2, 0) is 9.59 Å². The van der Waals surface area contributed by atoms with E-state index in [4.69, 9.17) is 0 Å². The quantitative estimate of drug-likeness (QED) is 0.649. The number of allylic oxidation sites excluding steroid dienone is 4. The van der Waals surface area contributed by atoms with Crippen molar-refractivity contribution < 1.29 is 9.59 Å². The highest BCUT2D eigenvalue weighted by Gasteiger charge is 1.97. The fraction of sp³-hybridized carbons (Fsp3) is 0.0833. The summed E-state index contributed by atoms with van der Waals surface area (Å²) in [6.45, 7) is 2.04. The molecule has 0 spiro atoms. The number of hydrogen-bond donors (Lipinski definition) is 0. The summed E-state index contributed by atoms with van der Waals surface area (Å²) in [6, 6.07) is 3.94. The number of carbonyl (C=O) groups excluding carboxylic acids is 2. The van der Waals surface area contributed by atoms with Crippen molar-refractivity contribution in [3.05, 3.63) is 54.4 Å². The number of rotatable bonds is 0. The molecule has 0 aliphatic heterocycles. The van der Waals surface area contributed by atoms with E-state index in [0.717, 1.165) is 0 Å². The summed E-state index contributed by atoms with van der Waals surface area (Å²) < 4.78 is 0. The van der Waals surface area contributed by atoms with Gasteiger partial charge < -0.3 is 0 Å². The highest BCUT2D eigenvalue weighted by Crippen LogP contribution is 1.90. The van der Waals surface area contributed by atoms with Gasteiger partial charge in [-0.3, -0.25) is 14.6 Å². The third-order valence-corrected chi connectivity index (χ3v) is 1.67. The zero-order valence-electron chi connectivity index (χ0n) is 8.79. The molecule has 3 nitrogen and oxygen atoms in total. The van der Waals surface area contributed by atoms with E-state index in [1.165, 1.54) is 29.9 Å². The summed E-state index contributed by atoms with van der Waals surface area (Å²) in [6.07, 6.45) is 8.58. The Kier molecular flexibility index (Phi) is 6.72. The molecular weight excluding hydrogens is 226 g/mol. The van der Waals surface area contributed by atoms with Gasteiger partial charge in [-0.25, -0.2) is 0 Å². The Hall–Kier alpha value is -1.74. The van der Waals surface area contributed by atoms with Gasteiger partial charge in [0.1, 0.15) is 0 Å². The van der Waals surface area contributed by atoms with E-state index in [2.05, 4.69) is 4.98 Å². The smallest absolute Gasteiger partial charge is 0.178 e. The molecule has 0 unspecified atom stereocenters. The molecule has 4 heteroatoms. The Bertz CT molecular complexity index is 372. The first-order valence-corrected chi connectivity index (χ1v) is 4.49. The van der Waals surface area contributed by atoms with Gasteiger partial charge in [-0.2, -0.15) is 0 Å². The van der Waals surface area contributed by atoms with Gasteiger partial charge >= 0.3 is 0 Å². The Balaban J connectivity index is 0.000000267. The van der Waals surface area contributed by atoms with Crippen LogP contribution in [0.4, 0.5) is 0 Å². The van der Waals surface area contributed by atoms with Crippen molar-refractivity contribution in [3.8, 4) is 0 Å². The maximum absolute atomic E-state index is 10.3. The Labute approximate surface area is 100 Å². The summed E-state index contributed by atoms with van der Waals surface area (Å²) >= 11 is 0. The molecule has 0 fully saturated rings. The number of hydrogen-bond acceptors (Lipinski definition) is 3. The molecule has 1 aromatic rings. The first-order chi connectivity index (χ1) is 7.18. The molecule has 1 aliphatic carbocycles. The van der Waals surface area contributed by atoms with Crippen LogP contribution in [-0.4, -0.2) is 16.6 Å². The van der Waals surface area contributed by atoms with Crippen molar-refractivity contribution in [3.63, 3.8) is 0 Å². The van der Waals surface area contributed by atoms with Crippen molar-refractivity contribution in [1.29, 1.82) is 0 Å². The molecule has 0 N–H and O–H groups in total. The van der Waals surface area contributed by atoms with E-state index < -0.39 is 0 Å². The number of carbonyl (C=O) groups is 2. The molecular formula is C12H12ClNO2. The number of halogens is 1. The maximum atomic E-state index is 10.3. The highest BCUT2D eigenvalue weighted by molar-refractivity contribution is 6.14. The van der Waals surface area contributed by atoms with Crippen LogP contribution >= 0.6 is 12.4 Å². The molecule has 1 heterocycles. The van der Waals surface area contributed by atoms with Crippen molar-refractivity contribution in [2.75, 3.05) is 0 Å². The lowest BCUT2D eigenvalue weighted by Gasteiger charge is -1.87. The first kappa shape index (κ1) is 14.3. The molecule has 0 radical (unpaired) electrons. The number of pyridine rings is 1. The van der Waals surface area contributed by atoms with E-state index in [1.807, 2.05) is 19.1 Å². The minimum Gasteiger partial charge on any atom is -0.290 e. The van der Waals surface area contributed by atoms with E-state index in [9.17, 15) is 9.59 Å². The van der Waals surface area contributed by atoms with Gasteiger partial charge in [0, 0.05) is 12.4 Å². The lowest BCUT2D eigenvalue weighted by Crippen LogP contribution is -1.97. The van der Waals surface area contributed by atoms with E-state index in [1.54, 1.807) is 12.4 Å². The minimum absolute atomic E-state index is 0. The molecule has 0 saturated carbocycles. The average Bonchev–Trinajstić information content (AvgIpc) is 2.25. The highest BCUT2D eigenvalue weighted by atomic mass is 35.5. The van der Waals surface area contributed by atoms with Crippen LogP contribution in [0.5, 0.6) is 0 Å². The zero-order valence-corrected chi connectivity index (χ0v) is 9.61. The van der Waals surface area contributed by atoms with Crippen LogP contribution in [0.3, 0.4) is 0 Å². The summed E-state index contributed by atoms with van der Waals surface area (Å²) in [5.41, 5.74) is 1.26. The monoisotopic (exact) mass is 237 g/mol. The van der Waals surface area contributed by atoms with Gasteiger partial charge in [0.05, 0.1) is 0 Å². The molecule has 1 aliphatic rings. The molecule has 84 valence electrons. The summed E-state index contributed by atoms with van der Waals surface area (Å²) in [5, 5.41) is 0. The Morgan fingerprint density at radius 1 is 0.875 bits per heavy atom. The van der Waals surface area contributed by atoms with Crippen LogP contribution < -0.4 is 0 Å². The van der Waals surface area contributed by atoms with Gasteiger partial charge in [0.25, 0.3) is 0 Å². The summed E-state index contributed by atoms with van der Waals surface area (Å²) in [4.78, 5) is 24.4. The number of aromatic nitrogens is 1. The molecule has 0 saturated heterocycles. The standard InChI is InChI=1S/C6H7N.C6H4O2.ClH/c1-6-2-4-7-5-3-6;7-5-1-2-6(8)4-3-5;/h2-5H,1H3;1-4H;1H. The molecule has 0 atom stereocenters. The third-order valence-electron chi connectivity index (χ3n) is 1.67. The Morgan fingerprint density at radius 3 is 1.50 bits per heavy atom. The Morgan fingerprint density at radius 2 is 1.25 bits per heavy atom. The van der Waals surface area contributed by atoms with Gasteiger partial charge in [0.2, 0.25) is 0 Å². The number of nitrogens with zero attached hydrogens (tertiary/aromatic N) is 1. The minimum atomic E-state index is -0.121. The second-order valence-corrected chi connectivity index (χ2v) is 3.00. The third kappa shape index (κ3) is 5.88. The van der Waals surface area contributed by atoms with Crippen molar-refractivity contribution in [2.45, 2.75) is 6.92 Å².